The maximum atomic E-state index is 12.0. The van der Waals surface area contributed by atoms with E-state index in [1.54, 1.807) is 11.3 Å². The van der Waals surface area contributed by atoms with Crippen LogP contribution in [0.5, 0.6) is 0 Å². The Morgan fingerprint density at radius 1 is 1.41 bits per heavy atom. The molecule has 4 rings (SSSR count). The molecule has 1 aromatic heterocycles. The van der Waals surface area contributed by atoms with E-state index in [-0.39, 0.29) is 18.1 Å². The van der Waals surface area contributed by atoms with Gasteiger partial charge in [-0.3, -0.25) is 4.79 Å². The Hall–Kier alpha value is -1.21. The summed E-state index contributed by atoms with van der Waals surface area (Å²) in [6.07, 6.45) is 5.35. The fourth-order valence-corrected chi connectivity index (χ4v) is 4.32. The maximum absolute atomic E-state index is 12.0. The van der Waals surface area contributed by atoms with Crippen molar-refractivity contribution in [2.75, 3.05) is 18.0 Å². The number of rotatable bonds is 4. The maximum Gasteiger partial charge on any atom is 0.222 e. The molecular formula is C15H22N4O2S. The summed E-state index contributed by atoms with van der Waals surface area (Å²) in [6, 6.07) is 0.421. The molecule has 7 heteroatoms. The fourth-order valence-electron chi connectivity index (χ4n) is 3.61. The van der Waals surface area contributed by atoms with Gasteiger partial charge in [-0.25, -0.2) is 0 Å². The lowest BCUT2D eigenvalue weighted by Gasteiger charge is -2.27. The lowest BCUT2D eigenvalue weighted by Crippen LogP contribution is -2.40. The number of hydrogen-bond acceptors (Lipinski definition) is 6. The molecular weight excluding hydrogens is 300 g/mol. The van der Waals surface area contributed by atoms with E-state index in [9.17, 15) is 4.79 Å². The number of nitrogens with zero attached hydrogens (tertiary/aromatic N) is 3. The Morgan fingerprint density at radius 2 is 2.27 bits per heavy atom. The van der Waals surface area contributed by atoms with Crippen molar-refractivity contribution in [2.45, 2.75) is 57.3 Å². The second-order valence-electron chi connectivity index (χ2n) is 6.70. The van der Waals surface area contributed by atoms with Gasteiger partial charge in [-0.05, 0) is 32.6 Å². The Kier molecular flexibility index (Phi) is 3.78. The summed E-state index contributed by atoms with van der Waals surface area (Å²) < 4.78 is 6.10. The lowest BCUT2D eigenvalue weighted by molar-refractivity contribution is -0.124. The molecule has 3 atom stereocenters. The van der Waals surface area contributed by atoms with Crippen molar-refractivity contribution in [1.82, 2.24) is 15.5 Å². The number of hydrogen-bond donors (Lipinski definition) is 1. The van der Waals surface area contributed by atoms with Crippen LogP contribution in [-0.4, -0.2) is 47.4 Å². The van der Waals surface area contributed by atoms with Crippen LogP contribution in [0.3, 0.4) is 0 Å². The summed E-state index contributed by atoms with van der Waals surface area (Å²) in [5.74, 6) is 0.678. The van der Waals surface area contributed by atoms with Gasteiger partial charge in [0.1, 0.15) is 5.01 Å². The van der Waals surface area contributed by atoms with Crippen LogP contribution in [0.1, 0.15) is 37.1 Å². The monoisotopic (exact) mass is 322 g/mol. The van der Waals surface area contributed by atoms with E-state index in [0.717, 1.165) is 42.5 Å². The van der Waals surface area contributed by atoms with Crippen molar-refractivity contribution in [3.8, 4) is 0 Å². The van der Waals surface area contributed by atoms with Gasteiger partial charge in [0.25, 0.3) is 0 Å². The second-order valence-corrected chi connectivity index (χ2v) is 7.86. The second kappa shape index (κ2) is 5.77. The molecule has 1 N–H and O–H groups in total. The summed E-state index contributed by atoms with van der Waals surface area (Å²) in [5, 5.41) is 13.4. The SMILES string of the molecule is Cc1nnc(N2C[C@@H]3C[C@H](CC(=O)NC4CCC4)O[C@@H]3C2)s1. The van der Waals surface area contributed by atoms with Gasteiger partial charge >= 0.3 is 0 Å². The first-order valence-electron chi connectivity index (χ1n) is 8.17. The zero-order chi connectivity index (χ0) is 15.1. The number of fused-ring (bicyclic) bond motifs is 1. The summed E-state index contributed by atoms with van der Waals surface area (Å²) in [5.41, 5.74) is 0. The molecule has 120 valence electrons. The molecule has 0 bridgehead atoms. The van der Waals surface area contributed by atoms with Crippen LogP contribution >= 0.6 is 11.3 Å². The highest BCUT2D eigenvalue weighted by Gasteiger charge is 2.43. The van der Waals surface area contributed by atoms with Gasteiger partial charge in [-0.2, -0.15) is 0 Å². The molecule has 1 aliphatic carbocycles. The van der Waals surface area contributed by atoms with Gasteiger partial charge in [-0.1, -0.05) is 11.3 Å². The highest BCUT2D eigenvalue weighted by atomic mass is 32.1. The molecule has 1 aromatic rings. The molecule has 6 nitrogen and oxygen atoms in total. The highest BCUT2D eigenvalue weighted by Crippen LogP contribution is 2.37. The van der Waals surface area contributed by atoms with Gasteiger partial charge in [0.05, 0.1) is 18.6 Å². The minimum atomic E-state index is 0.0911. The van der Waals surface area contributed by atoms with Crippen molar-refractivity contribution in [1.29, 1.82) is 0 Å². The number of ether oxygens (including phenoxy) is 1. The minimum Gasteiger partial charge on any atom is -0.372 e. The number of carbonyl (C=O) groups excluding carboxylic acids is 1. The van der Waals surface area contributed by atoms with E-state index < -0.39 is 0 Å². The number of amides is 1. The van der Waals surface area contributed by atoms with Crippen molar-refractivity contribution in [3.05, 3.63) is 5.01 Å². The Morgan fingerprint density at radius 3 is 2.91 bits per heavy atom. The van der Waals surface area contributed by atoms with Crippen molar-refractivity contribution in [2.24, 2.45) is 5.92 Å². The first-order valence-corrected chi connectivity index (χ1v) is 8.99. The number of nitrogens with one attached hydrogen (secondary N) is 1. The average Bonchev–Trinajstić information content (AvgIpc) is 3.08. The molecule has 3 heterocycles. The van der Waals surface area contributed by atoms with Crippen molar-refractivity contribution >= 4 is 22.4 Å². The third-order valence-corrected chi connectivity index (χ3v) is 5.88. The largest absolute Gasteiger partial charge is 0.372 e. The van der Waals surface area contributed by atoms with Crippen LogP contribution in [0, 0.1) is 12.8 Å². The zero-order valence-electron chi connectivity index (χ0n) is 12.8. The first-order chi connectivity index (χ1) is 10.7. The van der Waals surface area contributed by atoms with Crippen LogP contribution in [0.2, 0.25) is 0 Å². The highest BCUT2D eigenvalue weighted by molar-refractivity contribution is 7.15. The van der Waals surface area contributed by atoms with E-state index in [1.807, 2.05) is 6.92 Å². The molecule has 22 heavy (non-hydrogen) atoms. The molecule has 1 amide bonds. The van der Waals surface area contributed by atoms with Crippen LogP contribution in [0.15, 0.2) is 0 Å². The molecule has 0 spiro atoms. The predicted molar refractivity (Wildman–Crippen MR) is 84.0 cm³/mol. The summed E-state index contributed by atoms with van der Waals surface area (Å²) >= 11 is 1.63. The van der Waals surface area contributed by atoms with Gasteiger partial charge in [0.15, 0.2) is 0 Å². The number of anilines is 1. The van der Waals surface area contributed by atoms with Crippen molar-refractivity contribution < 1.29 is 9.53 Å². The summed E-state index contributed by atoms with van der Waals surface area (Å²) in [4.78, 5) is 14.3. The first kappa shape index (κ1) is 14.4. The molecule has 2 aliphatic heterocycles. The van der Waals surface area contributed by atoms with Crippen LogP contribution < -0.4 is 10.2 Å². The Balaban J connectivity index is 1.27. The normalized spacial score (nSPS) is 31.1. The van der Waals surface area contributed by atoms with E-state index in [4.69, 9.17) is 4.74 Å². The minimum absolute atomic E-state index is 0.0911. The smallest absolute Gasteiger partial charge is 0.222 e. The van der Waals surface area contributed by atoms with Gasteiger partial charge < -0.3 is 15.0 Å². The zero-order valence-corrected chi connectivity index (χ0v) is 13.6. The van der Waals surface area contributed by atoms with Crippen molar-refractivity contribution in [3.63, 3.8) is 0 Å². The van der Waals surface area contributed by atoms with Crippen LogP contribution in [0.4, 0.5) is 5.13 Å². The fraction of sp³-hybridized carbons (Fsp3) is 0.800. The van der Waals surface area contributed by atoms with Crippen LogP contribution in [-0.2, 0) is 9.53 Å². The average molecular weight is 322 g/mol. The summed E-state index contributed by atoms with van der Waals surface area (Å²) in [7, 11) is 0. The van der Waals surface area contributed by atoms with Gasteiger partial charge in [0, 0.05) is 25.0 Å². The number of carbonyl (C=O) groups is 1. The lowest BCUT2D eigenvalue weighted by atomic mass is 9.93. The van der Waals surface area contributed by atoms with E-state index in [1.165, 1.54) is 6.42 Å². The molecule has 0 unspecified atom stereocenters. The van der Waals surface area contributed by atoms with Crippen LogP contribution in [0.25, 0.3) is 0 Å². The molecule has 3 aliphatic rings. The molecule has 1 saturated carbocycles. The van der Waals surface area contributed by atoms with E-state index in [0.29, 0.717) is 18.4 Å². The van der Waals surface area contributed by atoms with E-state index >= 15 is 0 Å². The number of aryl methyl sites for hydroxylation is 1. The topological polar surface area (TPSA) is 67.4 Å². The van der Waals surface area contributed by atoms with E-state index in [2.05, 4.69) is 20.4 Å². The third-order valence-electron chi connectivity index (χ3n) is 4.98. The molecule has 3 fully saturated rings. The molecule has 0 aromatic carbocycles. The third kappa shape index (κ3) is 2.84. The Bertz CT molecular complexity index is 545. The number of aromatic nitrogens is 2. The predicted octanol–water partition coefficient (Wildman–Crippen LogP) is 1.50. The van der Waals surface area contributed by atoms with Gasteiger partial charge in [0.2, 0.25) is 11.0 Å². The molecule has 0 radical (unpaired) electrons. The molecule has 2 saturated heterocycles. The standard InChI is InChI=1S/C15H22N4O2S/c1-9-17-18-15(22-9)19-7-10-5-12(21-13(10)8-19)6-14(20)16-11-3-2-4-11/h10-13H,2-8H2,1H3,(H,16,20)/t10-,12+,13+/m0/s1. The summed E-state index contributed by atoms with van der Waals surface area (Å²) in [6.45, 7) is 3.82. The quantitative estimate of drug-likeness (QED) is 0.910. The Labute approximate surface area is 134 Å². The van der Waals surface area contributed by atoms with Gasteiger partial charge in [-0.15, -0.1) is 10.2 Å².